The number of nitrogens with one attached hydrogen (secondary N) is 2. The summed E-state index contributed by atoms with van der Waals surface area (Å²) in [5.74, 6) is 0.628. The van der Waals surface area contributed by atoms with Crippen LogP contribution in [0.25, 0.3) is 0 Å². The summed E-state index contributed by atoms with van der Waals surface area (Å²) in [6.07, 6.45) is 0. The number of halogens is 1. The van der Waals surface area contributed by atoms with Gasteiger partial charge < -0.3 is 15.4 Å². The molecule has 0 aromatic heterocycles. The summed E-state index contributed by atoms with van der Waals surface area (Å²) in [6.45, 7) is 2.32. The third kappa shape index (κ3) is 4.13. The fourth-order valence-corrected chi connectivity index (χ4v) is 2.09. The highest BCUT2D eigenvalue weighted by Crippen LogP contribution is 2.25. The van der Waals surface area contributed by atoms with Gasteiger partial charge in [0.15, 0.2) is 0 Å². The van der Waals surface area contributed by atoms with Gasteiger partial charge in [0, 0.05) is 11.6 Å². The predicted octanol–water partition coefficient (Wildman–Crippen LogP) is 3.98. The van der Waals surface area contributed by atoms with Crippen LogP contribution in [0, 0.1) is 6.92 Å². The highest BCUT2D eigenvalue weighted by molar-refractivity contribution is 6.31. The molecule has 21 heavy (non-hydrogen) atoms. The zero-order valence-electron chi connectivity index (χ0n) is 11.9. The van der Waals surface area contributed by atoms with E-state index in [1.807, 2.05) is 43.3 Å². The second kappa shape index (κ2) is 6.99. The molecule has 2 rings (SSSR count). The lowest BCUT2D eigenvalue weighted by Gasteiger charge is -2.12. The van der Waals surface area contributed by atoms with E-state index in [1.54, 1.807) is 13.2 Å². The molecule has 4 nitrogen and oxygen atoms in total. The van der Waals surface area contributed by atoms with Crippen LogP contribution >= 0.6 is 11.6 Å². The number of methoxy groups -OCH3 is 1. The van der Waals surface area contributed by atoms with Crippen molar-refractivity contribution in [2.75, 3.05) is 12.4 Å². The van der Waals surface area contributed by atoms with E-state index in [0.717, 1.165) is 11.1 Å². The molecule has 0 unspecified atom stereocenters. The summed E-state index contributed by atoms with van der Waals surface area (Å²) in [4.78, 5) is 11.9. The molecule has 2 amide bonds. The van der Waals surface area contributed by atoms with Crippen molar-refractivity contribution in [2.24, 2.45) is 0 Å². The maximum Gasteiger partial charge on any atom is 0.319 e. The third-order valence-corrected chi connectivity index (χ3v) is 3.37. The van der Waals surface area contributed by atoms with Crippen molar-refractivity contribution in [1.82, 2.24) is 5.32 Å². The Labute approximate surface area is 129 Å². The minimum absolute atomic E-state index is 0.308. The molecule has 0 radical (unpaired) electrons. The lowest BCUT2D eigenvalue weighted by atomic mass is 10.2. The molecular weight excluding hydrogens is 288 g/mol. The van der Waals surface area contributed by atoms with Gasteiger partial charge in [-0.15, -0.1) is 0 Å². The number of anilines is 1. The summed E-state index contributed by atoms with van der Waals surface area (Å²) in [7, 11) is 1.57. The number of hydrogen-bond acceptors (Lipinski definition) is 2. The van der Waals surface area contributed by atoms with Gasteiger partial charge in [-0.05, 0) is 36.2 Å². The van der Waals surface area contributed by atoms with Gasteiger partial charge in [0.25, 0.3) is 0 Å². The zero-order chi connectivity index (χ0) is 15.2. The fourth-order valence-electron chi connectivity index (χ4n) is 1.89. The number of aryl methyl sites for hydroxylation is 1. The van der Waals surface area contributed by atoms with Gasteiger partial charge in [-0.3, -0.25) is 0 Å². The molecule has 0 atom stereocenters. The SMILES string of the molecule is COc1cc(C)ccc1NC(=O)NCc1ccccc1Cl. The van der Waals surface area contributed by atoms with E-state index in [-0.39, 0.29) is 6.03 Å². The van der Waals surface area contributed by atoms with E-state index in [4.69, 9.17) is 16.3 Å². The van der Waals surface area contributed by atoms with Crippen LogP contribution in [0.1, 0.15) is 11.1 Å². The molecule has 0 aliphatic carbocycles. The van der Waals surface area contributed by atoms with Gasteiger partial charge in [0.2, 0.25) is 0 Å². The first-order valence-electron chi connectivity index (χ1n) is 6.53. The van der Waals surface area contributed by atoms with Crippen molar-refractivity contribution >= 4 is 23.3 Å². The van der Waals surface area contributed by atoms with Gasteiger partial charge >= 0.3 is 6.03 Å². The van der Waals surface area contributed by atoms with E-state index >= 15 is 0 Å². The number of amides is 2. The molecule has 5 heteroatoms. The monoisotopic (exact) mass is 304 g/mol. The number of ether oxygens (including phenoxy) is 1. The number of carbonyl (C=O) groups is 1. The Morgan fingerprint density at radius 2 is 2.00 bits per heavy atom. The number of hydrogen-bond donors (Lipinski definition) is 2. The van der Waals surface area contributed by atoms with Crippen molar-refractivity contribution in [3.05, 3.63) is 58.6 Å². The molecule has 2 aromatic carbocycles. The second-order valence-electron chi connectivity index (χ2n) is 4.60. The molecule has 0 fully saturated rings. The van der Waals surface area contributed by atoms with Crippen LogP contribution in [0.5, 0.6) is 5.75 Å². The molecule has 0 heterocycles. The van der Waals surface area contributed by atoms with Crippen molar-refractivity contribution < 1.29 is 9.53 Å². The molecule has 0 aliphatic heterocycles. The topological polar surface area (TPSA) is 50.4 Å². The van der Waals surface area contributed by atoms with Crippen LogP contribution in [-0.2, 0) is 6.54 Å². The normalized spacial score (nSPS) is 10.0. The molecule has 0 saturated heterocycles. The third-order valence-electron chi connectivity index (χ3n) is 3.00. The van der Waals surface area contributed by atoms with Gasteiger partial charge in [0.05, 0.1) is 12.8 Å². The van der Waals surface area contributed by atoms with Crippen LogP contribution in [-0.4, -0.2) is 13.1 Å². The number of rotatable bonds is 4. The Bertz CT molecular complexity index is 644. The summed E-state index contributed by atoms with van der Waals surface area (Å²) < 4.78 is 5.25. The van der Waals surface area contributed by atoms with Crippen LogP contribution in [0.2, 0.25) is 5.02 Å². The minimum atomic E-state index is -0.308. The molecule has 0 saturated carbocycles. The lowest BCUT2D eigenvalue weighted by Crippen LogP contribution is -2.28. The first-order chi connectivity index (χ1) is 10.1. The van der Waals surface area contributed by atoms with E-state index in [2.05, 4.69) is 10.6 Å². The number of urea groups is 1. The minimum Gasteiger partial charge on any atom is -0.495 e. The predicted molar refractivity (Wildman–Crippen MR) is 85.0 cm³/mol. The van der Waals surface area contributed by atoms with Crippen LogP contribution < -0.4 is 15.4 Å². The van der Waals surface area contributed by atoms with Gasteiger partial charge in [-0.1, -0.05) is 35.9 Å². The van der Waals surface area contributed by atoms with Crippen molar-refractivity contribution in [1.29, 1.82) is 0 Å². The highest BCUT2D eigenvalue weighted by atomic mass is 35.5. The van der Waals surface area contributed by atoms with E-state index in [1.165, 1.54) is 0 Å². The quantitative estimate of drug-likeness (QED) is 0.897. The molecule has 2 N–H and O–H groups in total. The Hall–Kier alpha value is -2.20. The first kappa shape index (κ1) is 15.2. The smallest absolute Gasteiger partial charge is 0.319 e. The van der Waals surface area contributed by atoms with E-state index < -0.39 is 0 Å². The summed E-state index contributed by atoms with van der Waals surface area (Å²) >= 11 is 6.04. The van der Waals surface area contributed by atoms with Crippen molar-refractivity contribution in [2.45, 2.75) is 13.5 Å². The van der Waals surface area contributed by atoms with E-state index in [9.17, 15) is 4.79 Å². The van der Waals surface area contributed by atoms with Crippen LogP contribution in [0.3, 0.4) is 0 Å². The number of benzene rings is 2. The molecular formula is C16H17ClN2O2. The molecule has 0 bridgehead atoms. The Kier molecular flexibility index (Phi) is 5.06. The Morgan fingerprint density at radius 3 is 2.71 bits per heavy atom. The van der Waals surface area contributed by atoms with Crippen LogP contribution in [0.4, 0.5) is 10.5 Å². The molecule has 2 aromatic rings. The van der Waals surface area contributed by atoms with Crippen molar-refractivity contribution in [3.63, 3.8) is 0 Å². The van der Waals surface area contributed by atoms with Crippen LogP contribution in [0.15, 0.2) is 42.5 Å². The number of carbonyl (C=O) groups excluding carboxylic acids is 1. The van der Waals surface area contributed by atoms with Crippen molar-refractivity contribution in [3.8, 4) is 5.75 Å². The van der Waals surface area contributed by atoms with Gasteiger partial charge in [0.1, 0.15) is 5.75 Å². The average Bonchev–Trinajstić information content (AvgIpc) is 2.48. The van der Waals surface area contributed by atoms with Gasteiger partial charge in [-0.2, -0.15) is 0 Å². The second-order valence-corrected chi connectivity index (χ2v) is 5.01. The summed E-state index contributed by atoms with van der Waals surface area (Å²) in [6, 6.07) is 12.7. The standard InChI is InChI=1S/C16H17ClN2O2/c1-11-7-8-14(15(9-11)21-2)19-16(20)18-10-12-5-3-4-6-13(12)17/h3-9H,10H2,1-2H3,(H2,18,19,20). The van der Waals surface area contributed by atoms with E-state index in [0.29, 0.717) is 23.0 Å². The summed E-state index contributed by atoms with van der Waals surface area (Å²) in [5, 5.41) is 6.15. The Balaban J connectivity index is 1.98. The largest absolute Gasteiger partial charge is 0.495 e. The molecule has 0 spiro atoms. The molecule has 110 valence electrons. The van der Waals surface area contributed by atoms with Gasteiger partial charge in [-0.25, -0.2) is 4.79 Å². The summed E-state index contributed by atoms with van der Waals surface area (Å²) in [5.41, 5.74) is 2.55. The average molecular weight is 305 g/mol. The fraction of sp³-hybridized carbons (Fsp3) is 0.188. The zero-order valence-corrected chi connectivity index (χ0v) is 12.7. The maximum absolute atomic E-state index is 11.9. The Morgan fingerprint density at radius 1 is 1.24 bits per heavy atom. The lowest BCUT2D eigenvalue weighted by molar-refractivity contribution is 0.251. The molecule has 0 aliphatic rings. The maximum atomic E-state index is 11.9. The first-order valence-corrected chi connectivity index (χ1v) is 6.91. The highest BCUT2D eigenvalue weighted by Gasteiger charge is 2.08.